The molecule has 0 aromatic carbocycles. The number of aliphatic hydroxyl groups is 4. The first-order chi connectivity index (χ1) is 29.5. The molecule has 0 bridgehead atoms. The van der Waals surface area contributed by atoms with Crippen molar-refractivity contribution in [2.75, 3.05) is 6.61 Å². The summed E-state index contributed by atoms with van der Waals surface area (Å²) >= 11 is 0. The number of amides is 1. The van der Waals surface area contributed by atoms with Crippen LogP contribution in [0.1, 0.15) is 309 Å². The van der Waals surface area contributed by atoms with Crippen LogP contribution in [-0.4, -0.2) is 57.3 Å². The lowest BCUT2D eigenvalue weighted by Crippen LogP contribution is -2.53. The van der Waals surface area contributed by atoms with Crippen LogP contribution < -0.4 is 5.32 Å². The van der Waals surface area contributed by atoms with Crippen molar-refractivity contribution in [2.24, 2.45) is 0 Å². The molecule has 0 aromatic rings. The molecule has 0 heterocycles. The zero-order valence-corrected chi connectivity index (χ0v) is 40.7. The Labute approximate surface area is 375 Å². The second kappa shape index (κ2) is 49.3. The first-order valence-corrected chi connectivity index (χ1v) is 27.4. The number of carbonyl (C=O) groups is 1. The van der Waals surface area contributed by atoms with E-state index in [4.69, 9.17) is 0 Å². The minimum atomic E-state index is -1.25. The van der Waals surface area contributed by atoms with Crippen LogP contribution in [-0.2, 0) is 4.79 Å². The molecule has 0 saturated heterocycles. The highest BCUT2D eigenvalue weighted by Crippen LogP contribution is 2.19. The average Bonchev–Trinajstić information content (AvgIpc) is 3.25. The zero-order chi connectivity index (χ0) is 43.8. The van der Waals surface area contributed by atoms with Gasteiger partial charge in [0.1, 0.15) is 12.2 Å². The monoisotopic (exact) mass is 852 g/mol. The molecule has 0 aliphatic carbocycles. The minimum absolute atomic E-state index is 0.376. The first-order valence-electron chi connectivity index (χ1n) is 27.4. The Morgan fingerprint density at radius 1 is 0.350 bits per heavy atom. The van der Waals surface area contributed by atoms with Crippen LogP contribution in [0.2, 0.25) is 0 Å². The fraction of sp³-hybridized carbons (Fsp3) is 0.981. The third kappa shape index (κ3) is 42.6. The highest BCUT2D eigenvalue weighted by molar-refractivity contribution is 5.80. The van der Waals surface area contributed by atoms with Gasteiger partial charge in [0.15, 0.2) is 0 Å². The van der Waals surface area contributed by atoms with Crippen molar-refractivity contribution in [3.63, 3.8) is 0 Å². The Hall–Kier alpha value is -0.690. The minimum Gasteiger partial charge on any atom is -0.394 e. The van der Waals surface area contributed by atoms with Crippen molar-refractivity contribution in [1.29, 1.82) is 0 Å². The number of carbonyl (C=O) groups excluding carboxylic acids is 1. The third-order valence-electron chi connectivity index (χ3n) is 13.3. The number of hydrogen-bond acceptors (Lipinski definition) is 5. The molecule has 0 aromatic heterocycles. The first kappa shape index (κ1) is 59.3. The molecule has 360 valence electrons. The molecule has 5 N–H and O–H groups in total. The summed E-state index contributed by atoms with van der Waals surface area (Å²) in [5.41, 5.74) is 0. The Morgan fingerprint density at radius 2 is 0.567 bits per heavy atom. The average molecular weight is 852 g/mol. The van der Waals surface area contributed by atoms with Crippen LogP contribution in [0.15, 0.2) is 0 Å². The predicted octanol–water partition coefficient (Wildman–Crippen LogP) is 15.5. The summed E-state index contributed by atoms with van der Waals surface area (Å²) in [5, 5.41) is 44.0. The Kier molecular flexibility index (Phi) is 48.8. The predicted molar refractivity (Wildman–Crippen MR) is 261 cm³/mol. The van der Waals surface area contributed by atoms with Crippen LogP contribution in [0.4, 0.5) is 0 Å². The SMILES string of the molecule is CCCCCCCCCCCCCCCCCCCCCCCCCCCC(O)C(=O)NC(CO)C(O)C(O)CCCCCCCCCCCCCCCCCCCCC. The summed E-state index contributed by atoms with van der Waals surface area (Å²) in [6, 6.07) is -0.980. The lowest BCUT2D eigenvalue weighted by molar-refractivity contribution is -0.132. The standard InChI is InChI=1S/C54H109NO5/c1-3-5-7-9-11-13-15-17-19-21-23-24-25-26-27-28-30-32-34-36-38-40-42-44-46-48-52(58)54(60)55-50(49-56)53(59)51(57)47-45-43-41-39-37-35-33-31-29-22-20-18-16-14-12-10-8-6-4-2/h50-53,56-59H,3-49H2,1-2H3,(H,55,60). The van der Waals surface area contributed by atoms with E-state index in [1.54, 1.807) is 0 Å². The van der Waals surface area contributed by atoms with Gasteiger partial charge in [-0.15, -0.1) is 0 Å². The molecule has 0 aliphatic heterocycles. The second-order valence-electron chi connectivity index (χ2n) is 19.3. The lowest BCUT2D eigenvalue weighted by atomic mass is 9.99. The van der Waals surface area contributed by atoms with E-state index in [0.29, 0.717) is 12.8 Å². The molecule has 1 amide bonds. The summed E-state index contributed by atoms with van der Waals surface area (Å²) in [7, 11) is 0. The van der Waals surface area contributed by atoms with Gasteiger partial charge in [-0.05, 0) is 12.8 Å². The Balaban J connectivity index is 3.59. The molecule has 4 atom stereocenters. The second-order valence-corrected chi connectivity index (χ2v) is 19.3. The smallest absolute Gasteiger partial charge is 0.249 e. The van der Waals surface area contributed by atoms with Gasteiger partial charge < -0.3 is 25.7 Å². The van der Waals surface area contributed by atoms with Gasteiger partial charge in [0, 0.05) is 0 Å². The number of rotatable bonds is 51. The molecule has 0 spiro atoms. The Bertz CT molecular complexity index is 826. The molecule has 60 heavy (non-hydrogen) atoms. The van der Waals surface area contributed by atoms with Gasteiger partial charge >= 0.3 is 0 Å². The number of aliphatic hydroxyl groups excluding tert-OH is 4. The van der Waals surface area contributed by atoms with Crippen molar-refractivity contribution < 1.29 is 25.2 Å². The van der Waals surface area contributed by atoms with Gasteiger partial charge in [0.2, 0.25) is 5.91 Å². The third-order valence-corrected chi connectivity index (χ3v) is 13.3. The molecular weight excluding hydrogens is 743 g/mol. The van der Waals surface area contributed by atoms with Gasteiger partial charge in [0.25, 0.3) is 0 Å². The number of unbranched alkanes of at least 4 members (excludes halogenated alkanes) is 42. The van der Waals surface area contributed by atoms with E-state index in [2.05, 4.69) is 19.2 Å². The summed E-state index contributed by atoms with van der Waals surface area (Å²) < 4.78 is 0. The highest BCUT2D eigenvalue weighted by atomic mass is 16.3. The van der Waals surface area contributed by atoms with Crippen molar-refractivity contribution >= 4 is 5.91 Å². The van der Waals surface area contributed by atoms with E-state index in [-0.39, 0.29) is 0 Å². The van der Waals surface area contributed by atoms with E-state index in [9.17, 15) is 25.2 Å². The van der Waals surface area contributed by atoms with Gasteiger partial charge in [-0.1, -0.05) is 296 Å². The zero-order valence-electron chi connectivity index (χ0n) is 40.7. The van der Waals surface area contributed by atoms with Crippen molar-refractivity contribution in [1.82, 2.24) is 5.32 Å². The maximum atomic E-state index is 12.6. The molecule has 0 rings (SSSR count). The fourth-order valence-electron chi connectivity index (χ4n) is 9.00. The summed E-state index contributed by atoms with van der Waals surface area (Å²) in [6.45, 7) is 4.10. The lowest BCUT2D eigenvalue weighted by Gasteiger charge is -2.27. The van der Waals surface area contributed by atoms with E-state index in [0.717, 1.165) is 38.5 Å². The van der Waals surface area contributed by atoms with Crippen LogP contribution >= 0.6 is 0 Å². The summed E-state index contributed by atoms with van der Waals surface area (Å²) in [5.74, 6) is -0.576. The van der Waals surface area contributed by atoms with Crippen molar-refractivity contribution in [3.8, 4) is 0 Å². The number of nitrogens with one attached hydrogen (secondary N) is 1. The molecule has 4 unspecified atom stereocenters. The van der Waals surface area contributed by atoms with Crippen LogP contribution in [0.3, 0.4) is 0 Å². The molecule has 0 radical (unpaired) electrons. The molecule has 6 heteroatoms. The van der Waals surface area contributed by atoms with Crippen LogP contribution in [0, 0.1) is 0 Å². The van der Waals surface area contributed by atoms with E-state index in [1.807, 2.05) is 0 Å². The highest BCUT2D eigenvalue weighted by Gasteiger charge is 2.28. The van der Waals surface area contributed by atoms with Crippen molar-refractivity contribution in [3.05, 3.63) is 0 Å². The molecular formula is C54H109NO5. The van der Waals surface area contributed by atoms with Gasteiger partial charge in [0.05, 0.1) is 18.8 Å². The van der Waals surface area contributed by atoms with E-state index >= 15 is 0 Å². The topological polar surface area (TPSA) is 110 Å². The molecule has 0 saturated carbocycles. The molecule has 6 nitrogen and oxygen atoms in total. The van der Waals surface area contributed by atoms with Gasteiger partial charge in [-0.3, -0.25) is 4.79 Å². The molecule has 0 fully saturated rings. The maximum Gasteiger partial charge on any atom is 0.249 e. The molecule has 0 aliphatic rings. The number of hydrogen-bond donors (Lipinski definition) is 5. The van der Waals surface area contributed by atoms with Crippen LogP contribution in [0.5, 0.6) is 0 Å². The maximum absolute atomic E-state index is 12.6. The largest absolute Gasteiger partial charge is 0.394 e. The van der Waals surface area contributed by atoms with Crippen molar-refractivity contribution in [2.45, 2.75) is 334 Å². The summed E-state index contributed by atoms with van der Waals surface area (Å²) in [4.78, 5) is 12.6. The fourth-order valence-corrected chi connectivity index (χ4v) is 9.00. The normalized spacial score (nSPS) is 13.8. The quantitative estimate of drug-likeness (QED) is 0.0392. The summed E-state index contributed by atoms with van der Waals surface area (Å²) in [6.07, 6.45) is 55.9. The van der Waals surface area contributed by atoms with Gasteiger partial charge in [-0.2, -0.15) is 0 Å². The van der Waals surface area contributed by atoms with Gasteiger partial charge in [-0.25, -0.2) is 0 Å². The van der Waals surface area contributed by atoms with E-state index < -0.39 is 36.9 Å². The Morgan fingerprint density at radius 3 is 0.800 bits per heavy atom. The van der Waals surface area contributed by atoms with Crippen LogP contribution in [0.25, 0.3) is 0 Å². The van der Waals surface area contributed by atoms with E-state index in [1.165, 1.54) is 244 Å².